The fraction of sp³-hybridized carbons (Fsp3) is 0.600. The van der Waals surface area contributed by atoms with Gasteiger partial charge in [0.1, 0.15) is 5.75 Å². The first kappa shape index (κ1) is 14.2. The molecule has 1 heterocycles. The van der Waals surface area contributed by atoms with Crippen molar-refractivity contribution in [1.29, 1.82) is 0 Å². The maximum atomic E-state index is 9.43. The molecule has 1 saturated heterocycles. The molecule has 1 aliphatic rings. The highest BCUT2D eigenvalue weighted by Crippen LogP contribution is 2.28. The van der Waals surface area contributed by atoms with Crippen LogP contribution < -0.4 is 9.64 Å². The lowest BCUT2D eigenvalue weighted by molar-refractivity contribution is 0.122. The predicted octanol–water partition coefficient (Wildman–Crippen LogP) is 1.59. The van der Waals surface area contributed by atoms with Crippen molar-refractivity contribution in [2.24, 2.45) is 0 Å². The summed E-state index contributed by atoms with van der Waals surface area (Å²) < 4.78 is 5.69. The minimum absolute atomic E-state index is 0.248. The van der Waals surface area contributed by atoms with Crippen LogP contribution in [0.25, 0.3) is 0 Å². The molecule has 1 atom stereocenters. The fourth-order valence-electron chi connectivity index (χ4n) is 2.54. The summed E-state index contributed by atoms with van der Waals surface area (Å²) in [4.78, 5) is 4.67. The molecule has 1 aliphatic heterocycles. The average molecular weight is 264 g/mol. The summed E-state index contributed by atoms with van der Waals surface area (Å²) in [6.07, 6.45) is -0.248. The third-order valence-corrected chi connectivity index (χ3v) is 3.40. The molecule has 0 spiro atoms. The van der Waals surface area contributed by atoms with Crippen LogP contribution in [0.4, 0.5) is 5.69 Å². The molecule has 1 aromatic carbocycles. The third-order valence-electron chi connectivity index (χ3n) is 3.40. The molecule has 0 aliphatic carbocycles. The normalized spacial score (nSPS) is 18.4. The van der Waals surface area contributed by atoms with E-state index in [0.717, 1.165) is 38.5 Å². The van der Waals surface area contributed by atoms with Crippen LogP contribution in [0.15, 0.2) is 24.3 Å². The number of β-amino-alcohol motifs (C(OH)–C–C–N with tert-alkyl or cyclic N) is 1. The number of para-hydroxylation sites is 2. The van der Waals surface area contributed by atoms with Gasteiger partial charge in [-0.1, -0.05) is 12.1 Å². The number of hydrogen-bond acceptors (Lipinski definition) is 4. The summed E-state index contributed by atoms with van der Waals surface area (Å²) in [6.45, 7) is 9.26. The van der Waals surface area contributed by atoms with Gasteiger partial charge in [-0.15, -0.1) is 0 Å². The monoisotopic (exact) mass is 264 g/mol. The van der Waals surface area contributed by atoms with Crippen LogP contribution >= 0.6 is 0 Å². The molecule has 1 aromatic rings. The first-order valence-electron chi connectivity index (χ1n) is 7.08. The Morgan fingerprint density at radius 3 is 2.53 bits per heavy atom. The predicted molar refractivity (Wildman–Crippen MR) is 77.9 cm³/mol. The van der Waals surface area contributed by atoms with Crippen molar-refractivity contribution in [3.8, 4) is 5.75 Å². The molecule has 1 fully saturated rings. The molecule has 0 amide bonds. The van der Waals surface area contributed by atoms with Crippen LogP contribution in [0.5, 0.6) is 5.75 Å². The van der Waals surface area contributed by atoms with E-state index in [1.807, 2.05) is 26.0 Å². The number of ether oxygens (including phenoxy) is 1. The molecule has 0 bridgehead atoms. The zero-order valence-electron chi connectivity index (χ0n) is 11.9. The van der Waals surface area contributed by atoms with Crippen molar-refractivity contribution < 1.29 is 9.84 Å². The maximum Gasteiger partial charge on any atom is 0.142 e. The Hall–Kier alpha value is -1.26. The highest BCUT2D eigenvalue weighted by molar-refractivity contribution is 5.58. The van der Waals surface area contributed by atoms with Gasteiger partial charge in [0.05, 0.1) is 18.4 Å². The van der Waals surface area contributed by atoms with Crippen molar-refractivity contribution in [1.82, 2.24) is 4.90 Å². The highest BCUT2D eigenvalue weighted by Gasteiger charge is 2.20. The van der Waals surface area contributed by atoms with E-state index in [4.69, 9.17) is 4.74 Å². The molecule has 0 saturated carbocycles. The Bertz CT molecular complexity index is 387. The van der Waals surface area contributed by atoms with Crippen LogP contribution in [0.3, 0.4) is 0 Å². The second-order valence-corrected chi connectivity index (χ2v) is 5.04. The summed E-state index contributed by atoms with van der Waals surface area (Å²) in [5.74, 6) is 0.967. The molecule has 4 heteroatoms. The van der Waals surface area contributed by atoms with Gasteiger partial charge in [-0.05, 0) is 26.0 Å². The van der Waals surface area contributed by atoms with Crippen molar-refractivity contribution >= 4 is 5.69 Å². The van der Waals surface area contributed by atoms with Gasteiger partial charge in [-0.3, -0.25) is 4.90 Å². The molecule has 0 radical (unpaired) electrons. The van der Waals surface area contributed by atoms with E-state index in [2.05, 4.69) is 21.9 Å². The number of anilines is 1. The van der Waals surface area contributed by atoms with Gasteiger partial charge in [0.2, 0.25) is 0 Å². The minimum Gasteiger partial charge on any atom is -0.492 e. The number of benzene rings is 1. The first-order chi connectivity index (χ1) is 9.20. The maximum absolute atomic E-state index is 9.43. The first-order valence-corrected chi connectivity index (χ1v) is 7.08. The topological polar surface area (TPSA) is 35.9 Å². The lowest BCUT2D eigenvalue weighted by atomic mass is 10.2. The van der Waals surface area contributed by atoms with E-state index in [9.17, 15) is 5.11 Å². The Kier molecular flexibility index (Phi) is 5.05. The van der Waals surface area contributed by atoms with Crippen LogP contribution in [0, 0.1) is 0 Å². The van der Waals surface area contributed by atoms with Crippen molar-refractivity contribution in [3.05, 3.63) is 24.3 Å². The lowest BCUT2D eigenvalue weighted by Crippen LogP contribution is -2.48. The van der Waals surface area contributed by atoms with Crippen LogP contribution in [0.2, 0.25) is 0 Å². The number of piperazine rings is 1. The lowest BCUT2D eigenvalue weighted by Gasteiger charge is -2.37. The second kappa shape index (κ2) is 6.78. The van der Waals surface area contributed by atoms with Crippen LogP contribution in [-0.2, 0) is 0 Å². The number of aliphatic hydroxyl groups excluding tert-OH is 1. The largest absolute Gasteiger partial charge is 0.492 e. The smallest absolute Gasteiger partial charge is 0.142 e. The number of aliphatic hydroxyl groups is 1. The van der Waals surface area contributed by atoms with Crippen molar-refractivity contribution in [3.63, 3.8) is 0 Å². The van der Waals surface area contributed by atoms with E-state index in [0.29, 0.717) is 6.61 Å². The Morgan fingerprint density at radius 2 is 1.89 bits per heavy atom. The third kappa shape index (κ3) is 3.85. The van der Waals surface area contributed by atoms with E-state index < -0.39 is 0 Å². The van der Waals surface area contributed by atoms with Crippen molar-refractivity contribution in [2.75, 3.05) is 44.2 Å². The molecule has 19 heavy (non-hydrogen) atoms. The highest BCUT2D eigenvalue weighted by atomic mass is 16.5. The van der Waals surface area contributed by atoms with Crippen LogP contribution in [-0.4, -0.2) is 55.4 Å². The van der Waals surface area contributed by atoms with E-state index in [1.165, 1.54) is 5.69 Å². The molecule has 4 nitrogen and oxygen atoms in total. The van der Waals surface area contributed by atoms with Gasteiger partial charge in [0.25, 0.3) is 0 Å². The fourth-order valence-corrected chi connectivity index (χ4v) is 2.54. The van der Waals surface area contributed by atoms with Gasteiger partial charge in [0.15, 0.2) is 0 Å². The average Bonchev–Trinajstić information content (AvgIpc) is 2.40. The van der Waals surface area contributed by atoms with Crippen molar-refractivity contribution in [2.45, 2.75) is 20.0 Å². The van der Waals surface area contributed by atoms with Gasteiger partial charge in [0, 0.05) is 32.7 Å². The molecule has 106 valence electrons. The summed E-state index contributed by atoms with van der Waals surface area (Å²) in [5.41, 5.74) is 1.18. The molecular weight excluding hydrogens is 240 g/mol. The van der Waals surface area contributed by atoms with Gasteiger partial charge in [-0.2, -0.15) is 0 Å². The molecule has 2 rings (SSSR count). The Balaban J connectivity index is 1.97. The molecule has 0 aromatic heterocycles. The number of hydrogen-bond donors (Lipinski definition) is 1. The Labute approximate surface area is 115 Å². The van der Waals surface area contributed by atoms with Gasteiger partial charge in [-0.25, -0.2) is 0 Å². The van der Waals surface area contributed by atoms with E-state index in [-0.39, 0.29) is 6.10 Å². The molecule has 1 unspecified atom stereocenters. The van der Waals surface area contributed by atoms with Crippen LogP contribution in [0.1, 0.15) is 13.8 Å². The summed E-state index contributed by atoms with van der Waals surface area (Å²) in [7, 11) is 0. The van der Waals surface area contributed by atoms with E-state index >= 15 is 0 Å². The minimum atomic E-state index is -0.248. The Morgan fingerprint density at radius 1 is 1.21 bits per heavy atom. The second-order valence-electron chi connectivity index (χ2n) is 5.04. The van der Waals surface area contributed by atoms with Gasteiger partial charge >= 0.3 is 0 Å². The van der Waals surface area contributed by atoms with E-state index in [1.54, 1.807) is 0 Å². The summed E-state index contributed by atoms with van der Waals surface area (Å²) in [5, 5.41) is 9.43. The number of rotatable bonds is 5. The zero-order chi connectivity index (χ0) is 13.7. The molecular formula is C15H24N2O2. The number of nitrogens with zero attached hydrogens (tertiary/aromatic N) is 2. The summed E-state index contributed by atoms with van der Waals surface area (Å²) in [6, 6.07) is 8.22. The SMILES string of the molecule is CCOc1ccccc1N1CCN(CC(C)O)CC1. The molecule has 1 N–H and O–H groups in total. The summed E-state index contributed by atoms with van der Waals surface area (Å²) >= 11 is 0. The quantitative estimate of drug-likeness (QED) is 0.876. The zero-order valence-corrected chi connectivity index (χ0v) is 11.9. The standard InChI is InChI=1S/C15H24N2O2/c1-3-19-15-7-5-4-6-14(15)17-10-8-16(9-11-17)12-13(2)18/h4-7,13,18H,3,8-12H2,1-2H3. The van der Waals surface area contributed by atoms with Gasteiger partial charge < -0.3 is 14.7 Å².